The van der Waals surface area contributed by atoms with Gasteiger partial charge in [-0.25, -0.2) is 9.97 Å². The fourth-order valence-electron chi connectivity index (χ4n) is 4.35. The van der Waals surface area contributed by atoms with Crippen LogP contribution in [-0.2, 0) is 4.74 Å². The highest BCUT2D eigenvalue weighted by atomic mass is 16.5. The normalized spacial score (nSPS) is 16.7. The number of aromatic nitrogens is 4. The number of anilines is 3. The number of nitriles is 1. The molecule has 0 aromatic carbocycles. The zero-order valence-electron chi connectivity index (χ0n) is 21.1. The first-order valence-electron chi connectivity index (χ1n) is 12.4. The third-order valence-electron chi connectivity index (χ3n) is 6.49. The van der Waals surface area contributed by atoms with Crippen LogP contribution in [0.15, 0.2) is 36.7 Å². The van der Waals surface area contributed by atoms with Crippen LogP contribution in [0.3, 0.4) is 0 Å². The molecule has 0 saturated carbocycles. The Bertz CT molecular complexity index is 1270. The lowest BCUT2D eigenvalue weighted by Gasteiger charge is -2.34. The monoisotopic (exact) mass is 502 g/mol. The molecule has 2 aliphatic rings. The molecule has 0 bridgehead atoms. The first kappa shape index (κ1) is 24.7. The second kappa shape index (κ2) is 11.4. The van der Waals surface area contributed by atoms with E-state index in [0.717, 1.165) is 44.7 Å². The summed E-state index contributed by atoms with van der Waals surface area (Å²) in [6.07, 6.45) is 4.84. The van der Waals surface area contributed by atoms with E-state index in [0.29, 0.717) is 53.6 Å². The molecule has 2 aliphatic heterocycles. The Morgan fingerprint density at radius 2 is 1.86 bits per heavy atom. The van der Waals surface area contributed by atoms with Crippen molar-refractivity contribution in [2.24, 2.45) is 0 Å². The summed E-state index contributed by atoms with van der Waals surface area (Å²) in [5, 5.41) is 12.8. The highest BCUT2D eigenvalue weighted by Gasteiger charge is 2.20. The van der Waals surface area contributed by atoms with E-state index in [9.17, 15) is 5.26 Å². The van der Waals surface area contributed by atoms with Gasteiger partial charge in [-0.2, -0.15) is 10.2 Å². The predicted octanol–water partition coefficient (Wildman–Crippen LogP) is 2.87. The smallest absolute Gasteiger partial charge is 0.239 e. The lowest BCUT2D eigenvalue weighted by Crippen LogP contribution is -2.44. The minimum absolute atomic E-state index is 0.0236. The number of rotatable bonds is 7. The van der Waals surface area contributed by atoms with Crippen molar-refractivity contribution >= 4 is 17.5 Å². The largest absolute Gasteiger partial charge is 0.487 e. The van der Waals surface area contributed by atoms with Gasteiger partial charge in [0.1, 0.15) is 23.7 Å². The molecule has 37 heavy (non-hydrogen) atoms. The van der Waals surface area contributed by atoms with Crippen molar-refractivity contribution in [1.82, 2.24) is 24.8 Å². The predicted molar refractivity (Wildman–Crippen MR) is 138 cm³/mol. The molecule has 0 atom stereocenters. The molecule has 11 heteroatoms. The third kappa shape index (κ3) is 5.87. The highest BCUT2D eigenvalue weighted by Crippen LogP contribution is 2.30. The first-order valence-corrected chi connectivity index (χ1v) is 12.4. The molecule has 0 radical (unpaired) electrons. The number of ether oxygens (including phenoxy) is 3. The van der Waals surface area contributed by atoms with E-state index < -0.39 is 0 Å². The molecular weight excluding hydrogens is 472 g/mol. The number of piperazine rings is 1. The van der Waals surface area contributed by atoms with Crippen molar-refractivity contribution in [3.63, 3.8) is 0 Å². The van der Waals surface area contributed by atoms with Crippen LogP contribution in [-0.4, -0.2) is 84.5 Å². The van der Waals surface area contributed by atoms with Crippen LogP contribution in [0.1, 0.15) is 18.4 Å². The second-order valence-electron chi connectivity index (χ2n) is 9.01. The standard InChI is InChI=1S/C26H30N8O3/c1-33-9-11-34(12-10-33)22-3-4-24(31-25(22)35-2)32-26-28-8-5-20(30-26)21-15-18(16-27)23(17-29-21)37-19-6-13-36-14-7-19/h3-5,8,15,17,19H,6-7,9-14H2,1-2H3,(H,28,30,31,32). The molecule has 2 fully saturated rings. The maximum Gasteiger partial charge on any atom is 0.239 e. The average molecular weight is 503 g/mol. The van der Waals surface area contributed by atoms with Gasteiger partial charge in [0.15, 0.2) is 5.75 Å². The number of methoxy groups -OCH3 is 1. The summed E-state index contributed by atoms with van der Waals surface area (Å²) in [4.78, 5) is 22.6. The van der Waals surface area contributed by atoms with Crippen molar-refractivity contribution in [3.05, 3.63) is 42.2 Å². The van der Waals surface area contributed by atoms with Gasteiger partial charge in [-0.15, -0.1) is 0 Å². The number of hydrogen-bond donors (Lipinski definition) is 1. The first-order chi connectivity index (χ1) is 18.1. The zero-order chi connectivity index (χ0) is 25.6. The SMILES string of the molecule is COc1nc(Nc2nccc(-c3cc(C#N)c(OC4CCOCC4)cn3)n2)ccc1N1CCN(C)CC1. The molecule has 2 saturated heterocycles. The Kier molecular flexibility index (Phi) is 7.58. The number of nitrogens with one attached hydrogen (secondary N) is 1. The highest BCUT2D eigenvalue weighted by molar-refractivity contribution is 5.63. The quantitative estimate of drug-likeness (QED) is 0.513. The van der Waals surface area contributed by atoms with E-state index in [-0.39, 0.29) is 6.10 Å². The lowest BCUT2D eigenvalue weighted by atomic mass is 10.1. The number of nitrogens with zero attached hydrogens (tertiary/aromatic N) is 7. The molecule has 5 heterocycles. The van der Waals surface area contributed by atoms with Crippen LogP contribution in [0, 0.1) is 11.3 Å². The number of pyridine rings is 2. The Hall–Kier alpha value is -4.01. The van der Waals surface area contributed by atoms with Gasteiger partial charge in [0.25, 0.3) is 0 Å². The summed E-state index contributed by atoms with van der Waals surface area (Å²) in [6, 6.07) is 9.54. The second-order valence-corrected chi connectivity index (χ2v) is 9.01. The summed E-state index contributed by atoms with van der Waals surface area (Å²) in [6.45, 7) is 5.15. The van der Waals surface area contributed by atoms with E-state index in [1.165, 1.54) is 0 Å². The average Bonchev–Trinajstić information content (AvgIpc) is 2.94. The van der Waals surface area contributed by atoms with Gasteiger partial charge >= 0.3 is 0 Å². The molecule has 1 N–H and O–H groups in total. The summed E-state index contributed by atoms with van der Waals surface area (Å²) < 4.78 is 17.0. The van der Waals surface area contributed by atoms with Crippen molar-refractivity contribution in [2.45, 2.75) is 18.9 Å². The van der Waals surface area contributed by atoms with Crippen LogP contribution in [0.5, 0.6) is 11.6 Å². The van der Waals surface area contributed by atoms with E-state index in [4.69, 9.17) is 14.2 Å². The summed E-state index contributed by atoms with van der Waals surface area (Å²) in [7, 11) is 3.75. The minimum atomic E-state index is 0.0236. The molecule has 11 nitrogen and oxygen atoms in total. The van der Waals surface area contributed by atoms with Gasteiger partial charge in [0.05, 0.1) is 43.5 Å². The van der Waals surface area contributed by atoms with Crippen LogP contribution >= 0.6 is 0 Å². The van der Waals surface area contributed by atoms with Crippen molar-refractivity contribution < 1.29 is 14.2 Å². The molecule has 0 unspecified atom stereocenters. The van der Waals surface area contributed by atoms with E-state index in [1.54, 1.807) is 31.6 Å². The van der Waals surface area contributed by atoms with Crippen molar-refractivity contribution in [1.29, 1.82) is 5.26 Å². The maximum absolute atomic E-state index is 9.69. The Morgan fingerprint density at radius 3 is 2.62 bits per heavy atom. The van der Waals surface area contributed by atoms with Crippen LogP contribution in [0.25, 0.3) is 11.4 Å². The molecule has 0 amide bonds. The molecule has 5 rings (SSSR count). The fraction of sp³-hybridized carbons (Fsp3) is 0.423. The fourth-order valence-corrected chi connectivity index (χ4v) is 4.35. The van der Waals surface area contributed by atoms with Crippen molar-refractivity contribution in [2.75, 3.05) is 63.8 Å². The summed E-state index contributed by atoms with van der Waals surface area (Å²) >= 11 is 0. The summed E-state index contributed by atoms with van der Waals surface area (Å²) in [5.74, 6) is 1.95. The van der Waals surface area contributed by atoms with Crippen molar-refractivity contribution in [3.8, 4) is 29.1 Å². The molecule has 0 spiro atoms. The number of hydrogen-bond acceptors (Lipinski definition) is 11. The van der Waals surface area contributed by atoms with Gasteiger partial charge in [-0.3, -0.25) is 4.98 Å². The lowest BCUT2D eigenvalue weighted by molar-refractivity contribution is 0.0253. The van der Waals surface area contributed by atoms with Crippen LogP contribution in [0.4, 0.5) is 17.5 Å². The van der Waals surface area contributed by atoms with Gasteiger partial charge in [-0.05, 0) is 31.3 Å². The Balaban J connectivity index is 1.32. The molecular formula is C26H30N8O3. The molecule has 192 valence electrons. The van der Waals surface area contributed by atoms with Gasteiger partial charge in [0.2, 0.25) is 11.8 Å². The van der Waals surface area contributed by atoms with E-state index in [1.807, 2.05) is 12.1 Å². The van der Waals surface area contributed by atoms with E-state index >= 15 is 0 Å². The maximum atomic E-state index is 9.69. The third-order valence-corrected chi connectivity index (χ3v) is 6.49. The molecule has 3 aromatic heterocycles. The Morgan fingerprint density at radius 1 is 1.05 bits per heavy atom. The minimum Gasteiger partial charge on any atom is -0.487 e. The topological polar surface area (TPSA) is 122 Å². The molecule has 3 aromatic rings. The van der Waals surface area contributed by atoms with Gasteiger partial charge < -0.3 is 29.3 Å². The Labute approximate surface area is 216 Å². The van der Waals surface area contributed by atoms with Crippen LogP contribution < -0.4 is 19.7 Å². The molecule has 0 aliphatic carbocycles. The van der Waals surface area contributed by atoms with E-state index in [2.05, 4.69) is 48.2 Å². The zero-order valence-corrected chi connectivity index (χ0v) is 21.1. The number of likely N-dealkylation sites (N-methyl/N-ethyl adjacent to an activating group) is 1. The van der Waals surface area contributed by atoms with Gasteiger partial charge in [0, 0.05) is 45.2 Å². The van der Waals surface area contributed by atoms with Gasteiger partial charge in [-0.1, -0.05) is 0 Å². The van der Waals surface area contributed by atoms with Crippen LogP contribution in [0.2, 0.25) is 0 Å². The summed E-state index contributed by atoms with van der Waals surface area (Å²) in [5.41, 5.74) is 2.51.